The molecule has 1 amide bonds. The fourth-order valence-electron chi connectivity index (χ4n) is 1.74. The molecule has 5 nitrogen and oxygen atoms in total. The number of nitrogens with one attached hydrogen (secondary N) is 1. The molecule has 1 heterocycles. The molecule has 3 N–H and O–H groups in total. The van der Waals surface area contributed by atoms with Gasteiger partial charge in [0.05, 0.1) is 12.1 Å². The van der Waals surface area contributed by atoms with Crippen LogP contribution < -0.4 is 11.1 Å². The summed E-state index contributed by atoms with van der Waals surface area (Å²) in [4.78, 5) is 13.2. The van der Waals surface area contributed by atoms with Crippen molar-refractivity contribution in [3.63, 3.8) is 0 Å². The second-order valence-electron chi connectivity index (χ2n) is 3.65. The predicted molar refractivity (Wildman–Crippen MR) is 53.9 cm³/mol. The summed E-state index contributed by atoms with van der Waals surface area (Å²) in [5.41, 5.74) is 5.23. The maximum Gasteiger partial charge on any atom is 0.235 e. The van der Waals surface area contributed by atoms with Gasteiger partial charge in [0.15, 0.2) is 0 Å². The molecule has 1 fully saturated rings. The topological polar surface area (TPSA) is 67.6 Å². The van der Waals surface area contributed by atoms with E-state index in [0.717, 1.165) is 19.5 Å². The Morgan fingerprint density at radius 3 is 2.93 bits per heavy atom. The summed E-state index contributed by atoms with van der Waals surface area (Å²) in [6.45, 7) is 2.54. The van der Waals surface area contributed by atoms with Gasteiger partial charge >= 0.3 is 0 Å². The molecule has 0 bridgehead atoms. The first kappa shape index (κ1) is 11.4. The molecule has 82 valence electrons. The minimum atomic E-state index is -0.298. The normalized spacial score (nSPS) is 25.1. The van der Waals surface area contributed by atoms with Crippen molar-refractivity contribution in [1.82, 2.24) is 10.2 Å². The second-order valence-corrected chi connectivity index (χ2v) is 3.65. The molecule has 1 aliphatic heterocycles. The Hall–Kier alpha value is -0.650. The first-order chi connectivity index (χ1) is 6.67. The van der Waals surface area contributed by atoms with E-state index in [0.29, 0.717) is 12.6 Å². The van der Waals surface area contributed by atoms with Crippen LogP contribution in [0.5, 0.6) is 0 Å². The number of nitrogens with two attached hydrogens (primary N) is 1. The van der Waals surface area contributed by atoms with Gasteiger partial charge in [0.2, 0.25) is 5.91 Å². The molecule has 2 atom stereocenters. The highest BCUT2D eigenvalue weighted by molar-refractivity contribution is 5.80. The van der Waals surface area contributed by atoms with Gasteiger partial charge in [0.1, 0.15) is 0 Å². The fraction of sp³-hybridized carbons (Fsp3) is 0.889. The summed E-state index contributed by atoms with van der Waals surface area (Å²) in [6.07, 6.45) is 1.34. The van der Waals surface area contributed by atoms with Gasteiger partial charge in [-0.05, 0) is 13.5 Å². The number of carbonyl (C=O) groups is 1. The van der Waals surface area contributed by atoms with Crippen LogP contribution in [0, 0.1) is 0 Å². The molecule has 0 aromatic carbocycles. The first-order valence-electron chi connectivity index (χ1n) is 4.89. The van der Waals surface area contributed by atoms with Crippen LogP contribution in [0.2, 0.25) is 0 Å². The summed E-state index contributed by atoms with van der Waals surface area (Å²) in [6, 6.07) is -0.259. The Labute approximate surface area is 84.6 Å². The fourth-order valence-corrected chi connectivity index (χ4v) is 1.74. The lowest BCUT2D eigenvalue weighted by Gasteiger charge is -2.20. The van der Waals surface area contributed by atoms with Crippen molar-refractivity contribution in [3.8, 4) is 0 Å². The van der Waals surface area contributed by atoms with Crippen molar-refractivity contribution in [2.45, 2.75) is 18.6 Å². The van der Waals surface area contributed by atoms with E-state index in [1.54, 1.807) is 14.2 Å². The van der Waals surface area contributed by atoms with Gasteiger partial charge in [-0.1, -0.05) is 0 Å². The summed E-state index contributed by atoms with van der Waals surface area (Å²) in [5, 5.41) is 2.90. The lowest BCUT2D eigenvalue weighted by atomic mass is 10.2. The van der Waals surface area contributed by atoms with Gasteiger partial charge in [0.25, 0.3) is 0 Å². The van der Waals surface area contributed by atoms with Crippen molar-refractivity contribution >= 4 is 5.91 Å². The summed E-state index contributed by atoms with van der Waals surface area (Å²) in [5.74, 6) is -0.298. The van der Waals surface area contributed by atoms with Gasteiger partial charge in [-0.15, -0.1) is 0 Å². The van der Waals surface area contributed by atoms with Crippen LogP contribution in [0.1, 0.15) is 6.42 Å². The van der Waals surface area contributed by atoms with E-state index in [1.807, 2.05) is 0 Å². The molecule has 1 aliphatic rings. The van der Waals surface area contributed by atoms with Crippen LogP contribution in [0.4, 0.5) is 0 Å². The van der Waals surface area contributed by atoms with Crippen LogP contribution in [0.3, 0.4) is 0 Å². The number of likely N-dealkylation sites (tertiary alicyclic amines) is 1. The standard InChI is InChI=1S/C9H19N3O2/c1-11-8(9(10)13)6-12-4-3-7(5-12)14-2/h7-8,11H,3-6H2,1-2H3,(H2,10,13). The average molecular weight is 201 g/mol. The lowest BCUT2D eigenvalue weighted by Crippen LogP contribution is -2.47. The molecule has 0 radical (unpaired) electrons. The first-order valence-corrected chi connectivity index (χ1v) is 4.89. The monoisotopic (exact) mass is 201 g/mol. The number of ether oxygens (including phenoxy) is 1. The molecule has 0 aromatic heterocycles. The summed E-state index contributed by atoms with van der Waals surface area (Å²) < 4.78 is 5.24. The quantitative estimate of drug-likeness (QED) is 0.585. The van der Waals surface area contributed by atoms with E-state index < -0.39 is 0 Å². The van der Waals surface area contributed by atoms with Crippen molar-refractivity contribution in [1.29, 1.82) is 0 Å². The minimum Gasteiger partial charge on any atom is -0.380 e. The number of hydrogen-bond donors (Lipinski definition) is 2. The molecule has 1 saturated heterocycles. The van der Waals surface area contributed by atoms with Crippen molar-refractivity contribution < 1.29 is 9.53 Å². The molecule has 0 saturated carbocycles. The minimum absolute atomic E-state index is 0.259. The van der Waals surface area contributed by atoms with Crippen LogP contribution >= 0.6 is 0 Å². The highest BCUT2D eigenvalue weighted by Crippen LogP contribution is 2.11. The van der Waals surface area contributed by atoms with Crippen molar-refractivity contribution in [3.05, 3.63) is 0 Å². The SMILES string of the molecule is CNC(CN1CCC(OC)C1)C(N)=O. The van der Waals surface area contributed by atoms with Gasteiger partial charge < -0.3 is 15.8 Å². The van der Waals surface area contributed by atoms with Crippen molar-refractivity contribution in [2.75, 3.05) is 33.8 Å². The van der Waals surface area contributed by atoms with E-state index >= 15 is 0 Å². The molecule has 1 rings (SSSR count). The number of methoxy groups -OCH3 is 1. The van der Waals surface area contributed by atoms with Crippen molar-refractivity contribution in [2.24, 2.45) is 5.73 Å². The zero-order valence-electron chi connectivity index (χ0n) is 8.82. The Bertz CT molecular complexity index is 198. The van der Waals surface area contributed by atoms with E-state index in [-0.39, 0.29) is 11.9 Å². The lowest BCUT2D eigenvalue weighted by molar-refractivity contribution is -0.120. The van der Waals surface area contributed by atoms with Crippen LogP contribution in [-0.2, 0) is 9.53 Å². The molecule has 0 aromatic rings. The smallest absolute Gasteiger partial charge is 0.235 e. The maximum atomic E-state index is 11.0. The van der Waals surface area contributed by atoms with E-state index in [1.165, 1.54) is 0 Å². The van der Waals surface area contributed by atoms with Gasteiger partial charge in [-0.25, -0.2) is 0 Å². The Balaban J connectivity index is 2.33. The summed E-state index contributed by atoms with van der Waals surface area (Å²) >= 11 is 0. The Morgan fingerprint density at radius 2 is 2.50 bits per heavy atom. The predicted octanol–water partition coefficient (Wildman–Crippen LogP) is -1.22. The number of amides is 1. The summed E-state index contributed by atoms with van der Waals surface area (Å²) in [7, 11) is 3.47. The van der Waals surface area contributed by atoms with Gasteiger partial charge in [-0.2, -0.15) is 0 Å². The zero-order chi connectivity index (χ0) is 10.6. The zero-order valence-corrected chi connectivity index (χ0v) is 8.82. The molecular weight excluding hydrogens is 182 g/mol. The number of hydrogen-bond acceptors (Lipinski definition) is 4. The molecule has 0 aliphatic carbocycles. The van der Waals surface area contributed by atoms with Crippen LogP contribution in [-0.4, -0.2) is 56.7 Å². The largest absolute Gasteiger partial charge is 0.380 e. The molecule has 2 unspecified atom stereocenters. The third-order valence-corrected chi connectivity index (χ3v) is 2.70. The number of carbonyl (C=O) groups excluding carboxylic acids is 1. The van der Waals surface area contributed by atoms with Gasteiger partial charge in [0, 0.05) is 26.7 Å². The number of likely N-dealkylation sites (N-methyl/N-ethyl adjacent to an activating group) is 1. The third-order valence-electron chi connectivity index (χ3n) is 2.70. The maximum absolute atomic E-state index is 11.0. The highest BCUT2D eigenvalue weighted by Gasteiger charge is 2.25. The third kappa shape index (κ3) is 2.94. The van der Waals surface area contributed by atoms with Crippen LogP contribution in [0.15, 0.2) is 0 Å². The van der Waals surface area contributed by atoms with E-state index in [9.17, 15) is 4.79 Å². The number of primary amides is 1. The Kier molecular flexibility index (Phi) is 4.31. The molecule has 5 heteroatoms. The molecule has 0 spiro atoms. The van der Waals surface area contributed by atoms with Crippen LogP contribution in [0.25, 0.3) is 0 Å². The van der Waals surface area contributed by atoms with Gasteiger partial charge in [-0.3, -0.25) is 9.69 Å². The molecule has 14 heavy (non-hydrogen) atoms. The van der Waals surface area contributed by atoms with E-state index in [2.05, 4.69) is 10.2 Å². The number of nitrogens with zero attached hydrogens (tertiary/aromatic N) is 1. The average Bonchev–Trinajstić information content (AvgIpc) is 2.61. The molecular formula is C9H19N3O2. The second kappa shape index (κ2) is 5.29. The highest BCUT2D eigenvalue weighted by atomic mass is 16.5. The Morgan fingerprint density at radius 1 is 1.79 bits per heavy atom. The van der Waals surface area contributed by atoms with E-state index in [4.69, 9.17) is 10.5 Å². The number of rotatable bonds is 5.